The average Bonchev–Trinajstić information content (AvgIpc) is 1.15. The van der Waals surface area contributed by atoms with Gasteiger partial charge in [-0.2, -0.15) is 26.3 Å². The van der Waals surface area contributed by atoms with Crippen LogP contribution in [-0.4, -0.2) is 36.0 Å². The SMILES string of the molecule is C=C(CC)C1C=CC(c2cc(-c3ccccc3)c(-c3ccc(Oc4ccc(-c5c(-c6ccccc6)cc(-c6ccc(N7C(=O)c8ccc(C(c9ccc%10c(c9)C(=O)NC%10=O)(C(F)(F)F)C(F)(F)F)cc8C7=O)cc6)c(-c6ccccc6)c5-c5ccccc5)cc4)cc3)c(-c3ccccc3)c2-c2ccccc2)=CC1. The summed E-state index contributed by atoms with van der Waals surface area (Å²) in [5, 5.41) is 1.89. The van der Waals surface area contributed by atoms with Gasteiger partial charge in [-0.3, -0.25) is 24.5 Å². The van der Waals surface area contributed by atoms with Crippen LogP contribution in [0.4, 0.5) is 32.0 Å². The monoisotopic (exact) mass is 1430 g/mol. The third kappa shape index (κ3) is 12.2. The summed E-state index contributed by atoms with van der Waals surface area (Å²) in [5.41, 5.74) is 10.7. The molecule has 4 amide bonds. The molecule has 1 unspecified atom stereocenters. The van der Waals surface area contributed by atoms with Gasteiger partial charge in [-0.05, 0) is 208 Å². The highest BCUT2D eigenvalue weighted by Crippen LogP contribution is 2.58. The van der Waals surface area contributed by atoms with Crippen molar-refractivity contribution in [1.29, 1.82) is 0 Å². The lowest BCUT2D eigenvalue weighted by Gasteiger charge is -2.38. The number of rotatable bonds is 17. The molecule has 2 heterocycles. The largest absolute Gasteiger partial charge is 0.457 e. The van der Waals surface area contributed by atoms with Gasteiger partial charge in [0.1, 0.15) is 11.5 Å². The van der Waals surface area contributed by atoms with Crippen LogP contribution in [0.3, 0.4) is 0 Å². The zero-order chi connectivity index (χ0) is 74.6. The number of nitrogens with zero attached hydrogens (tertiary/aromatic N) is 1. The summed E-state index contributed by atoms with van der Waals surface area (Å²) in [6, 6.07) is 92.2. The number of carbonyl (C=O) groups excluding carboxylic acids is 4. The molecule has 13 heteroatoms. The minimum Gasteiger partial charge on any atom is -0.457 e. The standard InChI is InChI=1S/C95H64F6N2O5/c1-3-58(2)59-34-36-62(37-35-59)79-56-77(60-22-10-4-11-23-60)85(87(66-30-18-8-19-31-66)83(79)64-26-14-6-15-27-64)68-40-48-73(49-41-68)108-74-50-42-69(43-51-74)86-78(61-24-12-5-13-25-61)57-80(84(65-28-16-7-17-29-65)88(86)67-32-20-9-21-33-67)63-38-46-72(47-39-63)103-91(106)76-53-45-71(55-82(76)92(103)107)93(94(96,97)98,95(99,100)101)70-44-52-75-81(54-70)90(105)102-89(75)104/h4-34,36-57,59H,2-3,35H2,1H3,(H,102,104,105). The summed E-state index contributed by atoms with van der Waals surface area (Å²) in [7, 11) is 0. The molecule has 526 valence electrons. The zero-order valence-electron chi connectivity index (χ0n) is 58.1. The molecule has 7 nitrogen and oxygen atoms in total. The van der Waals surface area contributed by atoms with E-state index in [1.807, 2.05) is 115 Å². The molecule has 0 saturated carbocycles. The van der Waals surface area contributed by atoms with E-state index in [1.165, 1.54) is 17.7 Å². The van der Waals surface area contributed by atoms with Gasteiger partial charge >= 0.3 is 12.4 Å². The predicted molar refractivity (Wildman–Crippen MR) is 415 cm³/mol. The first-order valence-electron chi connectivity index (χ1n) is 35.4. The van der Waals surface area contributed by atoms with E-state index in [1.54, 1.807) is 12.1 Å². The maximum absolute atomic E-state index is 15.6. The van der Waals surface area contributed by atoms with Crippen LogP contribution in [0.1, 0.15) is 77.9 Å². The van der Waals surface area contributed by atoms with E-state index in [0.717, 1.165) is 136 Å². The number of carbonyl (C=O) groups is 4. The number of fused-ring (bicyclic) bond motifs is 2. The highest BCUT2D eigenvalue weighted by atomic mass is 19.4. The van der Waals surface area contributed by atoms with E-state index >= 15 is 26.3 Å². The molecule has 0 fully saturated rings. The predicted octanol–water partition coefficient (Wildman–Crippen LogP) is 24.5. The zero-order valence-corrected chi connectivity index (χ0v) is 58.1. The molecule has 3 aliphatic rings. The van der Waals surface area contributed by atoms with Gasteiger partial charge in [0.05, 0.1) is 27.9 Å². The van der Waals surface area contributed by atoms with Crippen LogP contribution in [0.2, 0.25) is 0 Å². The Labute approximate surface area is 619 Å². The van der Waals surface area contributed by atoms with Gasteiger partial charge in [0.15, 0.2) is 0 Å². The number of amides is 4. The molecule has 0 saturated heterocycles. The summed E-state index contributed by atoms with van der Waals surface area (Å²) < 4.78 is 100. The summed E-state index contributed by atoms with van der Waals surface area (Å²) in [6.45, 7) is 6.56. The Balaban J connectivity index is 0.771. The molecule has 108 heavy (non-hydrogen) atoms. The second kappa shape index (κ2) is 28.0. The number of hydrogen-bond acceptors (Lipinski definition) is 5. The molecule has 0 radical (unpaired) electrons. The molecule has 0 bridgehead atoms. The van der Waals surface area contributed by atoms with E-state index in [-0.39, 0.29) is 11.6 Å². The average molecular weight is 1430 g/mol. The van der Waals surface area contributed by atoms with Crippen LogP contribution in [0.15, 0.2) is 334 Å². The van der Waals surface area contributed by atoms with Crippen LogP contribution in [0, 0.1) is 5.92 Å². The third-order valence-electron chi connectivity index (χ3n) is 20.8. The van der Waals surface area contributed by atoms with Crippen molar-refractivity contribution >= 4 is 34.9 Å². The van der Waals surface area contributed by atoms with Gasteiger partial charge in [-0.25, -0.2) is 4.90 Å². The summed E-state index contributed by atoms with van der Waals surface area (Å²) in [4.78, 5) is 54.6. The van der Waals surface area contributed by atoms with Gasteiger partial charge in [-0.1, -0.05) is 268 Å². The topological polar surface area (TPSA) is 92.8 Å². The normalized spacial score (nSPS) is 14.2. The van der Waals surface area contributed by atoms with Crippen LogP contribution in [0.25, 0.3) is 106 Å². The lowest BCUT2D eigenvalue weighted by molar-refractivity contribution is -0.288. The number of alkyl halides is 6. The molecular formula is C95H64F6N2O5. The smallest absolute Gasteiger partial charge is 0.411 e. The van der Waals surface area contributed by atoms with E-state index in [2.05, 4.69) is 165 Å². The third-order valence-corrected chi connectivity index (χ3v) is 20.8. The Morgan fingerprint density at radius 1 is 0.389 bits per heavy atom. The van der Waals surface area contributed by atoms with Gasteiger partial charge in [0.25, 0.3) is 23.6 Å². The van der Waals surface area contributed by atoms with Crippen LogP contribution in [0.5, 0.6) is 11.5 Å². The quantitative estimate of drug-likeness (QED) is 0.0557. The van der Waals surface area contributed by atoms with Crippen molar-refractivity contribution in [2.24, 2.45) is 5.92 Å². The van der Waals surface area contributed by atoms with E-state index in [0.29, 0.717) is 41.3 Å². The first-order chi connectivity index (χ1) is 52.4. The minimum atomic E-state index is -6.13. The Morgan fingerprint density at radius 2 is 0.741 bits per heavy atom. The Hall–Kier alpha value is -13.3. The molecule has 1 atom stereocenters. The van der Waals surface area contributed by atoms with Crippen molar-refractivity contribution in [1.82, 2.24) is 5.32 Å². The number of anilines is 1. The van der Waals surface area contributed by atoms with E-state index in [4.69, 9.17) is 4.74 Å². The van der Waals surface area contributed by atoms with Gasteiger partial charge in [0, 0.05) is 5.92 Å². The van der Waals surface area contributed by atoms with Gasteiger partial charge < -0.3 is 4.74 Å². The number of ether oxygens (including phenoxy) is 1. The number of allylic oxidation sites excluding steroid dienone is 5. The maximum Gasteiger partial charge on any atom is 0.411 e. The van der Waals surface area contributed by atoms with Crippen molar-refractivity contribution in [3.63, 3.8) is 0 Å². The highest BCUT2D eigenvalue weighted by Gasteiger charge is 2.73. The molecule has 1 aliphatic carbocycles. The number of imide groups is 2. The number of benzene rings is 13. The Morgan fingerprint density at radius 3 is 1.16 bits per heavy atom. The second-order valence-electron chi connectivity index (χ2n) is 27.0. The van der Waals surface area contributed by atoms with Gasteiger partial charge in [0.2, 0.25) is 5.41 Å². The molecule has 2 aliphatic heterocycles. The van der Waals surface area contributed by atoms with Crippen molar-refractivity contribution in [3.05, 3.63) is 373 Å². The van der Waals surface area contributed by atoms with Crippen molar-refractivity contribution in [2.75, 3.05) is 4.90 Å². The summed E-state index contributed by atoms with van der Waals surface area (Å²) in [5.74, 6) is -2.80. The minimum absolute atomic E-state index is 0.00282. The van der Waals surface area contributed by atoms with E-state index in [9.17, 15) is 19.2 Å². The highest BCUT2D eigenvalue weighted by molar-refractivity contribution is 6.34. The molecule has 0 aromatic heterocycles. The fraction of sp³-hybridized carbons (Fsp3) is 0.0737. The van der Waals surface area contributed by atoms with Gasteiger partial charge in [-0.15, -0.1) is 0 Å². The van der Waals surface area contributed by atoms with Crippen LogP contribution in [-0.2, 0) is 5.41 Å². The fourth-order valence-electron chi connectivity index (χ4n) is 15.5. The molecule has 16 rings (SSSR count). The lowest BCUT2D eigenvalue weighted by atomic mass is 9.71. The van der Waals surface area contributed by atoms with Crippen molar-refractivity contribution in [2.45, 2.75) is 37.5 Å². The van der Waals surface area contributed by atoms with E-state index < -0.39 is 74.8 Å². The Bertz CT molecular complexity index is 5770. The first kappa shape index (κ1) is 69.1. The molecule has 13 aromatic carbocycles. The number of nitrogens with one attached hydrogen (secondary N) is 1. The second-order valence-corrected chi connectivity index (χ2v) is 27.0. The molecule has 0 spiro atoms. The number of halogens is 6. The summed E-state index contributed by atoms with van der Waals surface area (Å²) in [6.07, 6.45) is -3.53. The van der Waals surface area contributed by atoms with Crippen LogP contribution >= 0.6 is 0 Å². The van der Waals surface area contributed by atoms with Crippen molar-refractivity contribution in [3.8, 4) is 112 Å². The molecule has 1 N–H and O–H groups in total. The fourth-order valence-corrected chi connectivity index (χ4v) is 15.5. The van der Waals surface area contributed by atoms with Crippen molar-refractivity contribution < 1.29 is 50.3 Å². The molecular weight excluding hydrogens is 1360 g/mol. The summed E-state index contributed by atoms with van der Waals surface area (Å²) >= 11 is 0. The maximum atomic E-state index is 15.6. The lowest BCUT2D eigenvalue weighted by Crippen LogP contribution is -2.55. The first-order valence-corrected chi connectivity index (χ1v) is 35.4. The molecule has 13 aromatic rings. The Kier molecular flexibility index (Phi) is 17.9. The van der Waals surface area contributed by atoms with Crippen LogP contribution < -0.4 is 15.0 Å². The number of hydrogen-bond donors (Lipinski definition) is 1.